The van der Waals surface area contributed by atoms with Gasteiger partial charge >= 0.3 is 5.97 Å². The second-order valence-corrected chi connectivity index (χ2v) is 11.3. The zero-order chi connectivity index (χ0) is 27.6. The summed E-state index contributed by atoms with van der Waals surface area (Å²) in [6.07, 6.45) is 10.8. The van der Waals surface area contributed by atoms with Crippen molar-refractivity contribution in [3.63, 3.8) is 0 Å². The molecule has 0 spiro atoms. The normalized spacial score (nSPS) is 17.4. The van der Waals surface area contributed by atoms with Crippen LogP contribution in [0, 0.1) is 5.92 Å². The number of hydrogen-bond acceptors (Lipinski definition) is 5. The number of ether oxygens (including phenoxy) is 2. The summed E-state index contributed by atoms with van der Waals surface area (Å²) in [4.78, 5) is 25.4. The minimum absolute atomic E-state index is 0.00222. The Morgan fingerprint density at radius 1 is 1.00 bits per heavy atom. The predicted octanol–water partition coefficient (Wildman–Crippen LogP) is 8.15. The lowest BCUT2D eigenvalue weighted by molar-refractivity contribution is -0.116. The van der Waals surface area contributed by atoms with Gasteiger partial charge in [-0.05, 0) is 78.6 Å². The van der Waals surface area contributed by atoms with Gasteiger partial charge in [0, 0.05) is 4.88 Å². The molecule has 6 heteroatoms. The lowest BCUT2D eigenvalue weighted by Gasteiger charge is -2.21. The van der Waals surface area contributed by atoms with Crippen LogP contribution in [-0.2, 0) is 22.6 Å². The summed E-state index contributed by atoms with van der Waals surface area (Å²) in [5.41, 5.74) is 3.30. The van der Waals surface area contributed by atoms with Crippen LogP contribution in [0.5, 0.6) is 5.75 Å². The van der Waals surface area contributed by atoms with Crippen LogP contribution in [0.1, 0.15) is 88.7 Å². The van der Waals surface area contributed by atoms with Gasteiger partial charge in [0.1, 0.15) is 10.6 Å². The van der Waals surface area contributed by atoms with Crippen molar-refractivity contribution in [2.75, 3.05) is 7.11 Å². The number of carbonyl (C=O) groups is 2. The summed E-state index contributed by atoms with van der Waals surface area (Å²) in [5, 5.41) is 9.15. The monoisotopic (exact) mass is 546 g/mol. The second-order valence-electron chi connectivity index (χ2n) is 10.2. The topological polar surface area (TPSA) is 72.8 Å². The summed E-state index contributed by atoms with van der Waals surface area (Å²) < 4.78 is 11.7. The third kappa shape index (κ3) is 7.90. The number of thiophene rings is 1. The molecule has 3 aromatic rings. The third-order valence-electron chi connectivity index (χ3n) is 7.42. The molecule has 1 aromatic heterocycles. The average molecular weight is 547 g/mol. The number of unbranched alkanes of at least 4 members (excludes halogenated alkanes) is 2. The molecule has 1 aliphatic carbocycles. The molecule has 39 heavy (non-hydrogen) atoms. The largest absolute Gasteiger partial charge is 0.497 e. The highest BCUT2D eigenvalue weighted by molar-refractivity contribution is 7.13. The number of carboxylic acid groups (broad SMARTS) is 1. The quantitative estimate of drug-likeness (QED) is 0.195. The van der Waals surface area contributed by atoms with E-state index < -0.39 is 5.97 Å². The van der Waals surface area contributed by atoms with Crippen LogP contribution in [0.4, 0.5) is 0 Å². The lowest BCUT2D eigenvalue weighted by Crippen LogP contribution is -2.14. The van der Waals surface area contributed by atoms with Crippen LogP contribution in [0.3, 0.4) is 0 Å². The summed E-state index contributed by atoms with van der Waals surface area (Å²) in [5.74, 6) is 0.122. The minimum atomic E-state index is -0.877. The molecule has 1 unspecified atom stereocenters. The highest BCUT2D eigenvalue weighted by Gasteiger charge is 2.31. The van der Waals surface area contributed by atoms with Crippen molar-refractivity contribution >= 4 is 23.1 Å². The molecule has 0 radical (unpaired) electrons. The Bertz CT molecular complexity index is 1240. The molecule has 5 nitrogen and oxygen atoms in total. The maximum atomic E-state index is 12.8. The van der Waals surface area contributed by atoms with Crippen LogP contribution in [0.15, 0.2) is 72.8 Å². The minimum Gasteiger partial charge on any atom is -0.497 e. The van der Waals surface area contributed by atoms with E-state index in [0.29, 0.717) is 11.5 Å². The van der Waals surface area contributed by atoms with Gasteiger partial charge < -0.3 is 14.6 Å². The molecule has 0 aliphatic heterocycles. The Morgan fingerprint density at radius 3 is 2.44 bits per heavy atom. The van der Waals surface area contributed by atoms with Gasteiger partial charge in [0.2, 0.25) is 0 Å². The molecule has 1 heterocycles. The van der Waals surface area contributed by atoms with Crippen LogP contribution < -0.4 is 4.74 Å². The van der Waals surface area contributed by atoms with E-state index in [1.165, 1.54) is 17.8 Å². The van der Waals surface area contributed by atoms with Gasteiger partial charge in [-0.2, -0.15) is 0 Å². The van der Waals surface area contributed by atoms with Crippen molar-refractivity contribution in [2.24, 2.45) is 5.92 Å². The first kappa shape index (κ1) is 28.8. The van der Waals surface area contributed by atoms with Gasteiger partial charge in [-0.3, -0.25) is 4.79 Å². The molecule has 2 aromatic carbocycles. The summed E-state index contributed by atoms with van der Waals surface area (Å²) in [7, 11) is 1.67. The first-order valence-electron chi connectivity index (χ1n) is 13.9. The lowest BCUT2D eigenvalue weighted by atomic mass is 9.84. The number of rotatable bonds is 15. The Hall–Kier alpha value is -3.22. The molecule has 1 N–H and O–H groups in total. The zero-order valence-electron chi connectivity index (χ0n) is 22.8. The Balaban J connectivity index is 1.38. The predicted molar refractivity (Wildman–Crippen MR) is 156 cm³/mol. The fourth-order valence-electron chi connectivity index (χ4n) is 5.22. The Kier molecular flexibility index (Phi) is 10.5. The standard InChI is InChI=1S/C33H38O5S/c1-3-4-5-9-30(38-22-23-10-17-27(37-2)18-11-23)24-12-14-26(15-13-24)32-25(16-20-29(32)34)7-6-8-28-19-21-31(39-28)33(35)36/h10-21,25,30,32H,3-9,22H2,1-2H3,(H,35,36)/t25-,30?,32-/m0/s1. The van der Waals surface area contributed by atoms with E-state index in [2.05, 4.69) is 31.2 Å². The van der Waals surface area contributed by atoms with E-state index in [4.69, 9.17) is 14.6 Å². The van der Waals surface area contributed by atoms with E-state index in [0.717, 1.165) is 65.8 Å². The number of hydrogen-bond donors (Lipinski definition) is 1. The van der Waals surface area contributed by atoms with Gasteiger partial charge in [0.25, 0.3) is 0 Å². The van der Waals surface area contributed by atoms with E-state index in [-0.39, 0.29) is 23.7 Å². The van der Waals surface area contributed by atoms with Gasteiger partial charge in [0.15, 0.2) is 5.78 Å². The number of carboxylic acids is 1. The molecule has 3 atom stereocenters. The highest BCUT2D eigenvalue weighted by Crippen LogP contribution is 2.37. The van der Waals surface area contributed by atoms with E-state index >= 15 is 0 Å². The molecule has 206 valence electrons. The number of benzene rings is 2. The van der Waals surface area contributed by atoms with Gasteiger partial charge in [0.05, 0.1) is 25.7 Å². The van der Waals surface area contributed by atoms with Crippen LogP contribution in [0.2, 0.25) is 0 Å². The number of allylic oxidation sites excluding steroid dienone is 2. The SMILES string of the molecule is CCCCCC(OCc1ccc(OC)cc1)c1ccc([C@H]2C(=O)C=C[C@@H]2CCCc2ccc(C(=O)O)s2)cc1. The average Bonchev–Trinajstić information content (AvgIpc) is 3.58. The number of ketones is 1. The van der Waals surface area contributed by atoms with Gasteiger partial charge in [-0.25, -0.2) is 4.79 Å². The number of carbonyl (C=O) groups excluding carboxylic acids is 1. The van der Waals surface area contributed by atoms with Crippen molar-refractivity contribution < 1.29 is 24.2 Å². The second kappa shape index (κ2) is 14.2. The summed E-state index contributed by atoms with van der Waals surface area (Å²) in [6, 6.07) is 20.0. The van der Waals surface area contributed by atoms with Crippen molar-refractivity contribution in [1.82, 2.24) is 0 Å². The van der Waals surface area contributed by atoms with Crippen LogP contribution in [-0.4, -0.2) is 24.0 Å². The fourth-order valence-corrected chi connectivity index (χ4v) is 6.11. The van der Waals surface area contributed by atoms with E-state index in [9.17, 15) is 9.59 Å². The number of aromatic carboxylic acids is 1. The first-order valence-corrected chi connectivity index (χ1v) is 14.7. The number of aryl methyl sites for hydroxylation is 1. The molecule has 0 saturated carbocycles. The maximum Gasteiger partial charge on any atom is 0.345 e. The molecule has 0 fully saturated rings. The molecular weight excluding hydrogens is 508 g/mol. The van der Waals surface area contributed by atoms with Gasteiger partial charge in [-0.1, -0.05) is 68.7 Å². The third-order valence-corrected chi connectivity index (χ3v) is 8.56. The Morgan fingerprint density at radius 2 is 1.77 bits per heavy atom. The smallest absolute Gasteiger partial charge is 0.345 e. The fraction of sp³-hybridized carbons (Fsp3) is 0.394. The van der Waals surface area contributed by atoms with E-state index in [1.54, 1.807) is 19.3 Å². The zero-order valence-corrected chi connectivity index (χ0v) is 23.6. The molecule has 1 aliphatic rings. The van der Waals surface area contributed by atoms with Crippen molar-refractivity contribution in [1.29, 1.82) is 0 Å². The molecule has 4 rings (SSSR count). The van der Waals surface area contributed by atoms with Crippen molar-refractivity contribution in [3.05, 3.63) is 99.3 Å². The van der Waals surface area contributed by atoms with Crippen LogP contribution >= 0.6 is 11.3 Å². The molecule has 0 bridgehead atoms. The van der Waals surface area contributed by atoms with Crippen LogP contribution in [0.25, 0.3) is 0 Å². The number of methoxy groups -OCH3 is 1. The van der Waals surface area contributed by atoms with Crippen molar-refractivity contribution in [2.45, 2.75) is 70.5 Å². The molecule has 0 saturated heterocycles. The molecular formula is C33H38O5S. The van der Waals surface area contributed by atoms with E-state index in [1.807, 2.05) is 36.4 Å². The summed E-state index contributed by atoms with van der Waals surface area (Å²) in [6.45, 7) is 2.74. The Labute approximate surface area is 235 Å². The molecule has 0 amide bonds. The van der Waals surface area contributed by atoms with Crippen molar-refractivity contribution in [3.8, 4) is 5.75 Å². The maximum absolute atomic E-state index is 12.8. The first-order chi connectivity index (χ1) is 19.0. The summed E-state index contributed by atoms with van der Waals surface area (Å²) >= 11 is 1.33. The highest BCUT2D eigenvalue weighted by atomic mass is 32.1. The van der Waals surface area contributed by atoms with Gasteiger partial charge in [-0.15, -0.1) is 11.3 Å².